The monoisotopic (exact) mass is 459 g/mol. The van der Waals surface area contributed by atoms with Crippen LogP contribution in [-0.4, -0.2) is 55.6 Å². The van der Waals surface area contributed by atoms with Crippen LogP contribution in [0.3, 0.4) is 0 Å². The van der Waals surface area contributed by atoms with Crippen LogP contribution >= 0.6 is 0 Å². The minimum atomic E-state index is -3.60. The van der Waals surface area contributed by atoms with Gasteiger partial charge in [-0.15, -0.1) is 0 Å². The molecule has 0 spiro atoms. The van der Waals surface area contributed by atoms with Crippen LogP contribution in [0.15, 0.2) is 59.5 Å². The van der Waals surface area contributed by atoms with Crippen LogP contribution in [0.25, 0.3) is 0 Å². The van der Waals surface area contributed by atoms with E-state index in [1.54, 1.807) is 42.2 Å². The Balaban J connectivity index is 2.06. The lowest BCUT2D eigenvalue weighted by atomic mass is 10.1. The first-order valence-electron chi connectivity index (χ1n) is 10.8. The van der Waals surface area contributed by atoms with Crippen molar-refractivity contribution in [2.24, 2.45) is 0 Å². The summed E-state index contributed by atoms with van der Waals surface area (Å²) in [6, 6.07) is 15.4. The lowest BCUT2D eigenvalue weighted by Gasteiger charge is -2.29. The molecule has 1 N–H and O–H groups in total. The third kappa shape index (κ3) is 6.90. The SMILES string of the molecule is CCNC(=O)[C@H](C)N(Cc1cccc(C)c1)C(=O)CCCN(C)S(=O)(=O)c1ccccc1. The summed E-state index contributed by atoms with van der Waals surface area (Å²) in [5.41, 5.74) is 2.02. The number of nitrogens with one attached hydrogen (secondary N) is 1. The highest BCUT2D eigenvalue weighted by Crippen LogP contribution is 2.16. The quantitative estimate of drug-likeness (QED) is 0.560. The molecular formula is C24H33N3O4S. The molecule has 0 bridgehead atoms. The molecule has 32 heavy (non-hydrogen) atoms. The van der Waals surface area contributed by atoms with E-state index in [9.17, 15) is 18.0 Å². The van der Waals surface area contributed by atoms with Gasteiger partial charge in [0.15, 0.2) is 0 Å². The molecule has 8 heteroatoms. The number of rotatable bonds is 11. The van der Waals surface area contributed by atoms with E-state index in [2.05, 4.69) is 5.32 Å². The first-order valence-corrected chi connectivity index (χ1v) is 12.2. The van der Waals surface area contributed by atoms with Gasteiger partial charge in [0.05, 0.1) is 4.90 Å². The van der Waals surface area contributed by atoms with E-state index in [-0.39, 0.29) is 29.7 Å². The molecule has 0 aliphatic rings. The molecule has 0 unspecified atom stereocenters. The fraction of sp³-hybridized carbons (Fsp3) is 0.417. The number of carbonyl (C=O) groups is 2. The van der Waals surface area contributed by atoms with Crippen LogP contribution in [0, 0.1) is 6.92 Å². The van der Waals surface area contributed by atoms with E-state index in [4.69, 9.17) is 0 Å². The summed E-state index contributed by atoms with van der Waals surface area (Å²) < 4.78 is 26.6. The van der Waals surface area contributed by atoms with Gasteiger partial charge in [-0.2, -0.15) is 0 Å². The highest BCUT2D eigenvalue weighted by Gasteiger charge is 2.26. The van der Waals surface area contributed by atoms with Crippen molar-refractivity contribution in [2.45, 2.75) is 51.1 Å². The smallest absolute Gasteiger partial charge is 0.242 e. The Labute approximate surface area is 191 Å². The molecule has 1 atom stereocenters. The Kier molecular flexibility index (Phi) is 9.41. The van der Waals surface area contributed by atoms with E-state index in [0.717, 1.165) is 11.1 Å². The van der Waals surface area contributed by atoms with Gasteiger partial charge in [0, 0.05) is 33.1 Å². The molecule has 0 saturated heterocycles. The third-order valence-corrected chi connectivity index (χ3v) is 7.14. The van der Waals surface area contributed by atoms with Gasteiger partial charge in [0.25, 0.3) is 0 Å². The standard InChI is InChI=1S/C24H33N3O4S/c1-5-25-24(29)20(3)27(18-21-12-9-11-19(2)17-21)23(28)15-10-16-26(4)32(30,31)22-13-7-6-8-14-22/h6-9,11-14,17,20H,5,10,15-16,18H2,1-4H3,(H,25,29)/t20-/m0/s1. The molecule has 0 fully saturated rings. The molecular weight excluding hydrogens is 426 g/mol. The molecule has 7 nitrogen and oxygen atoms in total. The lowest BCUT2D eigenvalue weighted by molar-refractivity contribution is -0.140. The van der Waals surface area contributed by atoms with Gasteiger partial charge < -0.3 is 10.2 Å². The fourth-order valence-corrected chi connectivity index (χ4v) is 4.63. The van der Waals surface area contributed by atoms with E-state index in [1.807, 2.05) is 38.1 Å². The van der Waals surface area contributed by atoms with Crippen LogP contribution < -0.4 is 5.32 Å². The molecule has 174 valence electrons. The predicted molar refractivity (Wildman–Crippen MR) is 125 cm³/mol. The van der Waals surface area contributed by atoms with E-state index in [1.165, 1.54) is 11.4 Å². The Morgan fingerprint density at radius 2 is 1.75 bits per heavy atom. The van der Waals surface area contributed by atoms with Crippen LogP contribution in [0.4, 0.5) is 0 Å². The van der Waals surface area contributed by atoms with Crippen LogP contribution in [0.5, 0.6) is 0 Å². The van der Waals surface area contributed by atoms with Gasteiger partial charge in [-0.3, -0.25) is 9.59 Å². The summed E-state index contributed by atoms with van der Waals surface area (Å²) in [7, 11) is -2.09. The van der Waals surface area contributed by atoms with E-state index < -0.39 is 16.1 Å². The summed E-state index contributed by atoms with van der Waals surface area (Å²) >= 11 is 0. The average molecular weight is 460 g/mol. The van der Waals surface area contributed by atoms with Crippen molar-refractivity contribution in [3.8, 4) is 0 Å². The summed E-state index contributed by atoms with van der Waals surface area (Å²) in [5, 5.41) is 2.77. The predicted octanol–water partition coefficient (Wildman–Crippen LogP) is 2.95. The number of carbonyl (C=O) groups excluding carboxylic acids is 2. The second-order valence-electron chi connectivity index (χ2n) is 7.82. The minimum Gasteiger partial charge on any atom is -0.355 e. The van der Waals surface area contributed by atoms with Crippen LogP contribution in [-0.2, 0) is 26.2 Å². The number of amides is 2. The van der Waals surface area contributed by atoms with Crippen molar-refractivity contribution in [2.75, 3.05) is 20.1 Å². The average Bonchev–Trinajstić information content (AvgIpc) is 2.77. The highest BCUT2D eigenvalue weighted by molar-refractivity contribution is 7.89. The van der Waals surface area contributed by atoms with Gasteiger partial charge in [0.1, 0.15) is 6.04 Å². The normalized spacial score (nSPS) is 12.4. The van der Waals surface area contributed by atoms with Gasteiger partial charge in [0.2, 0.25) is 21.8 Å². The molecule has 0 radical (unpaired) electrons. The number of likely N-dealkylation sites (N-methyl/N-ethyl adjacent to an activating group) is 1. The fourth-order valence-electron chi connectivity index (χ4n) is 3.40. The van der Waals surface area contributed by atoms with Crippen LogP contribution in [0.2, 0.25) is 0 Å². The first-order chi connectivity index (χ1) is 15.2. The van der Waals surface area contributed by atoms with Gasteiger partial charge >= 0.3 is 0 Å². The second-order valence-corrected chi connectivity index (χ2v) is 9.87. The molecule has 0 aliphatic heterocycles. The molecule has 0 aromatic heterocycles. The summed E-state index contributed by atoms with van der Waals surface area (Å²) in [4.78, 5) is 27.3. The number of aryl methyl sites for hydroxylation is 1. The molecule has 2 amide bonds. The number of benzene rings is 2. The molecule has 0 saturated carbocycles. The van der Waals surface area contributed by atoms with Crippen molar-refractivity contribution < 1.29 is 18.0 Å². The second kappa shape index (κ2) is 11.8. The van der Waals surface area contributed by atoms with E-state index in [0.29, 0.717) is 19.5 Å². The topological polar surface area (TPSA) is 86.8 Å². The number of hydrogen-bond donors (Lipinski definition) is 1. The zero-order valence-corrected chi connectivity index (χ0v) is 20.1. The Hall–Kier alpha value is -2.71. The Morgan fingerprint density at radius 1 is 1.06 bits per heavy atom. The van der Waals surface area contributed by atoms with Gasteiger partial charge in [-0.05, 0) is 44.9 Å². The summed E-state index contributed by atoms with van der Waals surface area (Å²) in [6.45, 7) is 6.53. The van der Waals surface area contributed by atoms with Crippen molar-refractivity contribution in [3.63, 3.8) is 0 Å². The lowest BCUT2D eigenvalue weighted by Crippen LogP contribution is -2.47. The molecule has 0 aliphatic carbocycles. The van der Waals surface area contributed by atoms with Crippen molar-refractivity contribution >= 4 is 21.8 Å². The van der Waals surface area contributed by atoms with Crippen molar-refractivity contribution in [3.05, 3.63) is 65.7 Å². The minimum absolute atomic E-state index is 0.143. The Morgan fingerprint density at radius 3 is 2.38 bits per heavy atom. The Bertz CT molecular complexity index is 1010. The number of sulfonamides is 1. The highest BCUT2D eigenvalue weighted by atomic mass is 32.2. The molecule has 2 aromatic rings. The zero-order chi connectivity index (χ0) is 23.7. The maximum Gasteiger partial charge on any atom is 0.242 e. The summed E-state index contributed by atoms with van der Waals surface area (Å²) in [6.07, 6.45) is 0.498. The number of hydrogen-bond acceptors (Lipinski definition) is 4. The molecule has 2 aromatic carbocycles. The molecule has 2 rings (SSSR count). The molecule has 0 heterocycles. The maximum absolute atomic E-state index is 13.1. The summed E-state index contributed by atoms with van der Waals surface area (Å²) in [5.74, 6) is -0.395. The third-order valence-electron chi connectivity index (χ3n) is 5.27. The van der Waals surface area contributed by atoms with Gasteiger partial charge in [-0.25, -0.2) is 12.7 Å². The van der Waals surface area contributed by atoms with Gasteiger partial charge in [-0.1, -0.05) is 48.0 Å². The van der Waals surface area contributed by atoms with Crippen molar-refractivity contribution in [1.29, 1.82) is 0 Å². The van der Waals surface area contributed by atoms with Crippen molar-refractivity contribution in [1.82, 2.24) is 14.5 Å². The maximum atomic E-state index is 13.1. The van der Waals surface area contributed by atoms with E-state index >= 15 is 0 Å². The largest absolute Gasteiger partial charge is 0.355 e. The number of nitrogens with zero attached hydrogens (tertiary/aromatic N) is 2. The zero-order valence-electron chi connectivity index (χ0n) is 19.2. The van der Waals surface area contributed by atoms with Crippen LogP contribution in [0.1, 0.15) is 37.8 Å². The first kappa shape index (κ1) is 25.5.